The molecule has 3 nitrogen and oxygen atoms in total. The molecule has 1 aliphatic rings. The number of rotatable bonds is 4. The number of halogens is 6. The first-order chi connectivity index (χ1) is 13.7. The summed E-state index contributed by atoms with van der Waals surface area (Å²) in [6.45, 7) is 0.0672. The Balaban J connectivity index is 2.10. The van der Waals surface area contributed by atoms with Gasteiger partial charge >= 0.3 is 12.4 Å². The molecule has 10 heteroatoms. The lowest BCUT2D eigenvalue weighted by molar-refractivity contribution is -0.297. The van der Waals surface area contributed by atoms with Crippen LogP contribution in [0.5, 0.6) is 0 Å². The zero-order chi connectivity index (χ0) is 22.6. The van der Waals surface area contributed by atoms with E-state index in [-0.39, 0.29) is 30.2 Å². The third kappa shape index (κ3) is 3.20. The van der Waals surface area contributed by atoms with E-state index in [1.165, 1.54) is 24.3 Å². The largest absolute Gasteiger partial charge is 0.406 e. The number of alkyl halides is 6. The van der Waals surface area contributed by atoms with Crippen LogP contribution in [0.15, 0.2) is 59.5 Å². The van der Waals surface area contributed by atoms with Crippen molar-refractivity contribution in [1.82, 2.24) is 0 Å². The van der Waals surface area contributed by atoms with Gasteiger partial charge < -0.3 is 5.73 Å². The molecular formula is C20H19F6NO2S. The van der Waals surface area contributed by atoms with Crippen LogP contribution in [0.1, 0.15) is 30.9 Å². The van der Waals surface area contributed by atoms with E-state index in [1.54, 1.807) is 6.07 Å². The average Bonchev–Trinajstić information content (AvgIpc) is 2.63. The van der Waals surface area contributed by atoms with Gasteiger partial charge in [-0.3, -0.25) is 0 Å². The molecule has 1 saturated carbocycles. The van der Waals surface area contributed by atoms with Crippen molar-refractivity contribution in [3.63, 3.8) is 0 Å². The second kappa shape index (κ2) is 6.98. The molecule has 2 N–H and O–H groups in total. The van der Waals surface area contributed by atoms with Gasteiger partial charge in [-0.25, -0.2) is 8.42 Å². The molecule has 3 rings (SSSR count). The zero-order valence-electron chi connectivity index (χ0n) is 15.8. The molecule has 2 aromatic carbocycles. The molecule has 0 aromatic heterocycles. The van der Waals surface area contributed by atoms with Gasteiger partial charge in [0.25, 0.3) is 0 Å². The highest BCUT2D eigenvalue weighted by Crippen LogP contribution is 2.53. The molecule has 0 saturated heterocycles. The van der Waals surface area contributed by atoms with Crippen LogP contribution in [-0.2, 0) is 20.0 Å². The SMILES string of the molecule is CC(c1ccc(C2(S(=O)(=O)c3ccccc3)CC(N)C2)cc1)(C(F)(F)F)C(F)(F)F. The summed E-state index contributed by atoms with van der Waals surface area (Å²) < 4.78 is 105. The number of benzene rings is 2. The van der Waals surface area contributed by atoms with Crippen molar-refractivity contribution in [2.75, 3.05) is 0 Å². The minimum absolute atomic E-state index is 0.0106. The van der Waals surface area contributed by atoms with E-state index in [9.17, 15) is 34.8 Å². The van der Waals surface area contributed by atoms with E-state index in [4.69, 9.17) is 5.73 Å². The highest BCUT2D eigenvalue weighted by Gasteiger charge is 2.68. The van der Waals surface area contributed by atoms with Crippen molar-refractivity contribution < 1.29 is 34.8 Å². The third-order valence-corrected chi connectivity index (χ3v) is 8.36. The van der Waals surface area contributed by atoms with Crippen molar-refractivity contribution in [3.05, 3.63) is 65.7 Å². The normalized spacial score (nSPS) is 23.1. The van der Waals surface area contributed by atoms with Crippen molar-refractivity contribution in [2.45, 2.75) is 53.2 Å². The first-order valence-electron chi connectivity index (χ1n) is 8.96. The number of hydrogen-bond donors (Lipinski definition) is 1. The van der Waals surface area contributed by atoms with Crippen molar-refractivity contribution >= 4 is 9.84 Å². The van der Waals surface area contributed by atoms with Crippen LogP contribution in [0.2, 0.25) is 0 Å². The monoisotopic (exact) mass is 451 g/mol. The van der Waals surface area contributed by atoms with Crippen LogP contribution < -0.4 is 5.73 Å². The summed E-state index contributed by atoms with van der Waals surface area (Å²) in [6, 6.07) is 10.5. The summed E-state index contributed by atoms with van der Waals surface area (Å²) in [5.41, 5.74) is 0.837. The van der Waals surface area contributed by atoms with Crippen LogP contribution in [0.3, 0.4) is 0 Å². The highest BCUT2D eigenvalue weighted by molar-refractivity contribution is 7.92. The molecule has 0 unspecified atom stereocenters. The molecule has 30 heavy (non-hydrogen) atoms. The van der Waals surface area contributed by atoms with Gasteiger partial charge in [0, 0.05) is 6.04 Å². The maximum Gasteiger partial charge on any atom is 0.406 e. The lowest BCUT2D eigenvalue weighted by Gasteiger charge is -2.46. The van der Waals surface area contributed by atoms with E-state index in [0.29, 0.717) is 12.1 Å². The molecule has 0 spiro atoms. The molecule has 0 amide bonds. The molecular weight excluding hydrogens is 432 g/mol. The summed E-state index contributed by atoms with van der Waals surface area (Å²) in [4.78, 5) is 0.0106. The van der Waals surface area contributed by atoms with Crippen molar-refractivity contribution in [2.24, 2.45) is 5.73 Å². The molecule has 0 heterocycles. The van der Waals surface area contributed by atoms with Gasteiger partial charge in [0.1, 0.15) is 4.75 Å². The van der Waals surface area contributed by atoms with Crippen LogP contribution in [0.4, 0.5) is 26.3 Å². The lowest BCUT2D eigenvalue weighted by atomic mass is 9.74. The Labute approximate surface area is 169 Å². The minimum Gasteiger partial charge on any atom is -0.328 e. The Morgan fingerprint density at radius 2 is 1.33 bits per heavy atom. The number of sulfone groups is 1. The fourth-order valence-corrected chi connectivity index (χ4v) is 6.10. The van der Waals surface area contributed by atoms with Gasteiger partial charge in [-0.15, -0.1) is 0 Å². The Bertz CT molecular complexity index is 994. The summed E-state index contributed by atoms with van der Waals surface area (Å²) in [5, 5.41) is 0. The third-order valence-electron chi connectivity index (χ3n) is 5.87. The summed E-state index contributed by atoms with van der Waals surface area (Å²) in [5.74, 6) is 0. The smallest absolute Gasteiger partial charge is 0.328 e. The zero-order valence-corrected chi connectivity index (χ0v) is 16.6. The van der Waals surface area contributed by atoms with Gasteiger partial charge in [-0.2, -0.15) is 26.3 Å². The average molecular weight is 451 g/mol. The van der Waals surface area contributed by atoms with Gasteiger partial charge in [-0.05, 0) is 43.0 Å². The predicted molar refractivity (Wildman–Crippen MR) is 98.4 cm³/mol. The van der Waals surface area contributed by atoms with Gasteiger partial charge in [0.2, 0.25) is 0 Å². The van der Waals surface area contributed by atoms with Crippen molar-refractivity contribution in [1.29, 1.82) is 0 Å². The molecule has 1 aliphatic carbocycles. The van der Waals surface area contributed by atoms with Gasteiger partial charge in [-0.1, -0.05) is 42.5 Å². The van der Waals surface area contributed by atoms with E-state index in [1.807, 2.05) is 0 Å². The maximum atomic E-state index is 13.3. The molecule has 164 valence electrons. The Morgan fingerprint density at radius 3 is 1.73 bits per heavy atom. The standard InChI is InChI=1S/C20H19F6NO2S/c1-17(19(21,22)23,20(24,25)26)13-7-9-14(10-8-13)18(11-15(27)12-18)30(28,29)16-5-3-2-4-6-16/h2-10,15H,11-12,27H2,1H3. The fourth-order valence-electron chi connectivity index (χ4n) is 3.82. The Kier molecular flexibility index (Phi) is 5.26. The lowest BCUT2D eigenvalue weighted by Crippen LogP contribution is -2.54. The maximum absolute atomic E-state index is 13.3. The Hall–Kier alpha value is -2.07. The number of hydrogen-bond acceptors (Lipinski definition) is 3. The van der Waals surface area contributed by atoms with E-state index < -0.39 is 44.0 Å². The predicted octanol–water partition coefficient (Wildman–Crippen LogP) is 4.86. The van der Waals surface area contributed by atoms with Gasteiger partial charge in [0.15, 0.2) is 15.3 Å². The van der Waals surface area contributed by atoms with E-state index in [0.717, 1.165) is 12.1 Å². The summed E-state index contributed by atoms with van der Waals surface area (Å²) >= 11 is 0. The van der Waals surface area contributed by atoms with E-state index >= 15 is 0 Å². The first kappa shape index (κ1) is 22.6. The van der Waals surface area contributed by atoms with Crippen LogP contribution in [-0.4, -0.2) is 26.8 Å². The van der Waals surface area contributed by atoms with Gasteiger partial charge in [0.05, 0.1) is 4.90 Å². The van der Waals surface area contributed by atoms with Crippen LogP contribution >= 0.6 is 0 Å². The fraction of sp³-hybridized carbons (Fsp3) is 0.400. The minimum atomic E-state index is -5.58. The molecule has 0 bridgehead atoms. The van der Waals surface area contributed by atoms with Crippen LogP contribution in [0.25, 0.3) is 0 Å². The molecule has 0 atom stereocenters. The second-order valence-corrected chi connectivity index (χ2v) is 9.94. The van der Waals surface area contributed by atoms with E-state index in [2.05, 4.69) is 0 Å². The molecule has 2 aromatic rings. The first-order valence-corrected chi connectivity index (χ1v) is 10.4. The second-order valence-electron chi connectivity index (χ2n) is 7.68. The highest BCUT2D eigenvalue weighted by atomic mass is 32.2. The summed E-state index contributed by atoms with van der Waals surface area (Å²) in [6.07, 6.45) is -11.1. The molecule has 0 aliphatic heterocycles. The van der Waals surface area contributed by atoms with Crippen LogP contribution in [0, 0.1) is 0 Å². The topological polar surface area (TPSA) is 60.2 Å². The quantitative estimate of drug-likeness (QED) is 0.676. The van der Waals surface area contributed by atoms with Crippen molar-refractivity contribution in [3.8, 4) is 0 Å². The molecule has 0 radical (unpaired) electrons. The summed E-state index contributed by atoms with van der Waals surface area (Å²) in [7, 11) is -3.98. The number of nitrogens with two attached hydrogens (primary N) is 1. The molecule has 1 fully saturated rings. The Morgan fingerprint density at radius 1 is 0.867 bits per heavy atom.